The highest BCUT2D eigenvalue weighted by atomic mass is 35.5. The van der Waals surface area contributed by atoms with Crippen molar-refractivity contribution in [3.8, 4) is 0 Å². The molecule has 0 saturated heterocycles. The lowest BCUT2D eigenvalue weighted by atomic mass is 10.2. The fourth-order valence-corrected chi connectivity index (χ4v) is 3.28. The molecular weight excluding hydrogens is 369 g/mol. The van der Waals surface area contributed by atoms with E-state index in [4.69, 9.17) is 34.8 Å². The minimum absolute atomic E-state index is 0.000907. The molecule has 1 aromatic carbocycles. The summed E-state index contributed by atoms with van der Waals surface area (Å²) in [5, 5.41) is 3.55. The smallest absolute Gasteiger partial charge is 0.262 e. The molecule has 1 unspecified atom stereocenters. The van der Waals surface area contributed by atoms with Crippen LogP contribution in [-0.4, -0.2) is 41.2 Å². The van der Waals surface area contributed by atoms with Crippen molar-refractivity contribution in [2.24, 2.45) is 4.99 Å². The van der Waals surface area contributed by atoms with Gasteiger partial charge < -0.3 is 10.2 Å². The van der Waals surface area contributed by atoms with Crippen LogP contribution in [0.5, 0.6) is 0 Å². The monoisotopic (exact) mass is 379 g/mol. The third-order valence-corrected chi connectivity index (χ3v) is 5.12. The minimum Gasteiger partial charge on any atom is -0.357 e. The molecule has 9 heteroatoms. The molecule has 22 heavy (non-hydrogen) atoms. The van der Waals surface area contributed by atoms with Gasteiger partial charge in [-0.3, -0.25) is 9.59 Å². The van der Waals surface area contributed by atoms with Crippen LogP contribution < -0.4 is 5.32 Å². The van der Waals surface area contributed by atoms with E-state index in [0.29, 0.717) is 15.9 Å². The van der Waals surface area contributed by atoms with Gasteiger partial charge in [0.05, 0.1) is 20.8 Å². The summed E-state index contributed by atoms with van der Waals surface area (Å²) in [4.78, 5) is 29.5. The highest BCUT2D eigenvalue weighted by Crippen LogP contribution is 2.33. The molecule has 0 bridgehead atoms. The number of nitrogens with zero attached hydrogens (tertiary/aromatic N) is 2. The molecule has 0 fully saturated rings. The standard InChI is InChI=1S/C13H12Cl3N3O2S/c1-19(2)13-18-12(21)10(22-13)5-11(20)17-9-4-7(15)6(14)3-8(9)16/h3-4,10H,5H2,1-2H3,(H,17,20). The van der Waals surface area contributed by atoms with Crippen molar-refractivity contribution in [3.05, 3.63) is 27.2 Å². The average Bonchev–Trinajstić information content (AvgIpc) is 2.77. The van der Waals surface area contributed by atoms with Gasteiger partial charge in [-0.25, -0.2) is 0 Å². The number of carbonyl (C=O) groups is 2. The Kier molecular flexibility index (Phi) is 5.60. The maximum absolute atomic E-state index is 12.1. The Balaban J connectivity index is 2.00. The third kappa shape index (κ3) is 4.07. The summed E-state index contributed by atoms with van der Waals surface area (Å²) in [5.74, 6) is -0.662. The number of aliphatic imine (C=N–C) groups is 1. The molecule has 0 spiro atoms. The van der Waals surface area contributed by atoms with Gasteiger partial charge in [-0.05, 0) is 12.1 Å². The first kappa shape index (κ1) is 17.4. The SMILES string of the molecule is CN(C)C1=NC(=O)C(CC(=O)Nc2cc(Cl)c(Cl)cc2Cl)S1. The molecule has 0 saturated carbocycles. The summed E-state index contributed by atoms with van der Waals surface area (Å²) in [6.07, 6.45) is 0.000907. The molecular formula is C13H12Cl3N3O2S. The van der Waals surface area contributed by atoms with E-state index in [2.05, 4.69) is 10.3 Å². The first-order chi connectivity index (χ1) is 10.3. The van der Waals surface area contributed by atoms with E-state index in [1.54, 1.807) is 19.0 Å². The van der Waals surface area contributed by atoms with Crippen LogP contribution in [0.4, 0.5) is 5.69 Å². The highest BCUT2D eigenvalue weighted by Gasteiger charge is 2.31. The van der Waals surface area contributed by atoms with Gasteiger partial charge in [0.1, 0.15) is 5.25 Å². The number of rotatable bonds is 3. The summed E-state index contributed by atoms with van der Waals surface area (Å²) in [6.45, 7) is 0. The van der Waals surface area contributed by atoms with Crippen molar-refractivity contribution in [2.45, 2.75) is 11.7 Å². The van der Waals surface area contributed by atoms with Crippen molar-refractivity contribution in [1.29, 1.82) is 0 Å². The van der Waals surface area contributed by atoms with Crippen molar-refractivity contribution in [1.82, 2.24) is 4.90 Å². The molecule has 2 rings (SSSR count). The number of hydrogen-bond donors (Lipinski definition) is 1. The van der Waals surface area contributed by atoms with E-state index in [1.165, 1.54) is 23.9 Å². The Morgan fingerprint density at radius 2 is 1.91 bits per heavy atom. The molecule has 1 aromatic rings. The Bertz CT molecular complexity index is 664. The summed E-state index contributed by atoms with van der Waals surface area (Å²) in [6, 6.07) is 2.92. The zero-order valence-corrected chi connectivity index (χ0v) is 14.8. The van der Waals surface area contributed by atoms with Crippen LogP contribution >= 0.6 is 46.6 Å². The third-order valence-electron chi connectivity index (χ3n) is 2.77. The molecule has 5 nitrogen and oxygen atoms in total. The second-order valence-electron chi connectivity index (χ2n) is 4.73. The number of benzene rings is 1. The van der Waals surface area contributed by atoms with Crippen LogP contribution in [0.3, 0.4) is 0 Å². The number of amides is 2. The highest BCUT2D eigenvalue weighted by molar-refractivity contribution is 8.15. The van der Waals surface area contributed by atoms with E-state index in [1.807, 2.05) is 0 Å². The van der Waals surface area contributed by atoms with Crippen LogP contribution in [0.25, 0.3) is 0 Å². The van der Waals surface area contributed by atoms with Crippen LogP contribution in [0.1, 0.15) is 6.42 Å². The lowest BCUT2D eigenvalue weighted by Crippen LogP contribution is -2.22. The van der Waals surface area contributed by atoms with Gasteiger partial charge in [0.15, 0.2) is 5.17 Å². The molecule has 1 aliphatic heterocycles. The topological polar surface area (TPSA) is 61.8 Å². The molecule has 1 heterocycles. The van der Waals surface area contributed by atoms with E-state index in [9.17, 15) is 9.59 Å². The predicted octanol–water partition coefficient (Wildman–Crippen LogP) is 3.54. The number of thioether (sulfide) groups is 1. The molecule has 0 aliphatic carbocycles. The number of anilines is 1. The van der Waals surface area contributed by atoms with Crippen LogP contribution in [0.15, 0.2) is 17.1 Å². The number of halogens is 3. The summed E-state index contributed by atoms with van der Waals surface area (Å²) in [7, 11) is 3.58. The quantitative estimate of drug-likeness (QED) is 0.815. The fourth-order valence-electron chi connectivity index (χ4n) is 1.69. The zero-order chi connectivity index (χ0) is 16.4. The first-order valence-corrected chi connectivity index (χ1v) is 8.20. The zero-order valence-electron chi connectivity index (χ0n) is 11.7. The Hall–Kier alpha value is -0.950. The van der Waals surface area contributed by atoms with Crippen LogP contribution in [-0.2, 0) is 9.59 Å². The largest absolute Gasteiger partial charge is 0.357 e. The summed E-state index contributed by atoms with van der Waals surface area (Å²) in [5.41, 5.74) is 0.352. The number of amidine groups is 1. The minimum atomic E-state index is -0.529. The lowest BCUT2D eigenvalue weighted by molar-refractivity contribution is -0.121. The van der Waals surface area contributed by atoms with Crippen molar-refractivity contribution >= 4 is 69.2 Å². The lowest BCUT2D eigenvalue weighted by Gasteiger charge is -2.12. The van der Waals surface area contributed by atoms with Gasteiger partial charge in [0, 0.05) is 20.5 Å². The van der Waals surface area contributed by atoms with Gasteiger partial charge in [0.25, 0.3) is 5.91 Å². The van der Waals surface area contributed by atoms with E-state index in [-0.39, 0.29) is 28.3 Å². The van der Waals surface area contributed by atoms with Crippen molar-refractivity contribution in [3.63, 3.8) is 0 Å². The van der Waals surface area contributed by atoms with Gasteiger partial charge in [-0.15, -0.1) is 0 Å². The predicted molar refractivity (Wildman–Crippen MR) is 92.2 cm³/mol. The molecule has 0 radical (unpaired) electrons. The van der Waals surface area contributed by atoms with E-state index < -0.39 is 5.25 Å². The van der Waals surface area contributed by atoms with Crippen molar-refractivity contribution < 1.29 is 9.59 Å². The van der Waals surface area contributed by atoms with Gasteiger partial charge in [0.2, 0.25) is 5.91 Å². The van der Waals surface area contributed by atoms with Gasteiger partial charge in [-0.1, -0.05) is 46.6 Å². The van der Waals surface area contributed by atoms with Gasteiger partial charge >= 0.3 is 0 Å². The van der Waals surface area contributed by atoms with E-state index >= 15 is 0 Å². The van der Waals surface area contributed by atoms with Crippen LogP contribution in [0, 0.1) is 0 Å². The number of nitrogens with one attached hydrogen (secondary N) is 1. The first-order valence-electron chi connectivity index (χ1n) is 6.19. The average molecular weight is 381 g/mol. The molecule has 1 aliphatic rings. The second kappa shape index (κ2) is 7.08. The maximum Gasteiger partial charge on any atom is 0.262 e. The fraction of sp³-hybridized carbons (Fsp3) is 0.308. The molecule has 2 amide bonds. The Labute approximate surface area is 147 Å². The normalized spacial score (nSPS) is 17.4. The summed E-state index contributed by atoms with van der Waals surface area (Å²) < 4.78 is 0. The number of hydrogen-bond acceptors (Lipinski definition) is 4. The Morgan fingerprint density at radius 3 is 2.50 bits per heavy atom. The molecule has 1 N–H and O–H groups in total. The van der Waals surface area contributed by atoms with Crippen LogP contribution in [0.2, 0.25) is 15.1 Å². The molecule has 1 atom stereocenters. The van der Waals surface area contributed by atoms with Crippen molar-refractivity contribution in [2.75, 3.05) is 19.4 Å². The number of carbonyl (C=O) groups excluding carboxylic acids is 2. The van der Waals surface area contributed by atoms with Gasteiger partial charge in [-0.2, -0.15) is 4.99 Å². The second-order valence-corrected chi connectivity index (χ2v) is 7.12. The maximum atomic E-state index is 12.1. The molecule has 118 valence electrons. The molecule has 0 aromatic heterocycles. The van der Waals surface area contributed by atoms with E-state index in [0.717, 1.165) is 0 Å². The summed E-state index contributed by atoms with van der Waals surface area (Å²) >= 11 is 19.0. The Morgan fingerprint density at radius 1 is 1.27 bits per heavy atom.